The molecule has 4 amide bonds. The third kappa shape index (κ3) is 8.91. The van der Waals surface area contributed by atoms with Crippen molar-refractivity contribution in [1.29, 1.82) is 0 Å². The van der Waals surface area contributed by atoms with Gasteiger partial charge < -0.3 is 25.4 Å². The first-order chi connectivity index (χ1) is 24.6. The highest BCUT2D eigenvalue weighted by atomic mass is 19.1. The van der Waals surface area contributed by atoms with Crippen LogP contribution in [0.1, 0.15) is 63.9 Å². The van der Waals surface area contributed by atoms with Crippen LogP contribution < -0.4 is 10.6 Å². The molecular weight excluding hydrogens is 674 g/mol. The number of aromatic nitrogens is 2. The van der Waals surface area contributed by atoms with Crippen LogP contribution in [-0.2, 0) is 25.5 Å². The summed E-state index contributed by atoms with van der Waals surface area (Å²) in [5, 5.41) is 20.7. The largest absolute Gasteiger partial charge is 0.444 e. The number of imide groups is 1. The maximum atomic E-state index is 15.0. The molecule has 0 spiro atoms. The van der Waals surface area contributed by atoms with Gasteiger partial charge in [0.1, 0.15) is 29.0 Å². The number of carbonyl (C=O) groups excluding carboxylic acids is 4. The maximum absolute atomic E-state index is 15.0. The Balaban J connectivity index is 1.45. The number of amides is 4. The lowest BCUT2D eigenvalue weighted by Crippen LogP contribution is -2.51. The van der Waals surface area contributed by atoms with Crippen molar-refractivity contribution in [2.45, 2.75) is 65.1 Å². The maximum Gasteiger partial charge on any atom is 0.408 e. The second kappa shape index (κ2) is 15.5. The Labute approximate surface area is 301 Å². The Bertz CT molecular complexity index is 1870. The second-order valence-electron chi connectivity index (χ2n) is 14.4. The fraction of sp³-hybridized carbons (Fsp3) is 0.395. The van der Waals surface area contributed by atoms with Gasteiger partial charge in [0.25, 0.3) is 11.8 Å². The molecule has 2 atom stereocenters. The van der Waals surface area contributed by atoms with Crippen molar-refractivity contribution in [1.82, 2.24) is 30.2 Å². The number of hydrogen-bond acceptors (Lipinski definition) is 8. The molecule has 5 rings (SSSR count). The molecule has 0 bridgehead atoms. The zero-order valence-corrected chi connectivity index (χ0v) is 29.9. The fourth-order valence-corrected chi connectivity index (χ4v) is 6.51. The van der Waals surface area contributed by atoms with Gasteiger partial charge in [0.05, 0.1) is 18.3 Å². The van der Waals surface area contributed by atoms with Gasteiger partial charge in [0.2, 0.25) is 5.91 Å². The van der Waals surface area contributed by atoms with Crippen molar-refractivity contribution in [2.75, 3.05) is 26.2 Å². The Kier molecular flexibility index (Phi) is 11.3. The smallest absolute Gasteiger partial charge is 0.408 e. The third-order valence-electron chi connectivity index (χ3n) is 8.76. The molecule has 3 N–H and O–H groups in total. The number of halogens is 2. The molecule has 2 aliphatic rings. The Morgan fingerprint density at radius 2 is 1.73 bits per heavy atom. The zero-order valence-electron chi connectivity index (χ0n) is 29.9. The summed E-state index contributed by atoms with van der Waals surface area (Å²) in [6, 6.07) is 11.1. The van der Waals surface area contributed by atoms with E-state index in [0.717, 1.165) is 46.4 Å². The number of nitrogens with zero attached hydrogens (tertiary/aromatic N) is 4. The number of alkyl carbamates (subject to hydrolysis) is 1. The number of ether oxygens (including phenoxy) is 1. The first-order valence-electron chi connectivity index (χ1n) is 17.0. The summed E-state index contributed by atoms with van der Waals surface area (Å²) in [5.41, 5.74) is 1.28. The van der Waals surface area contributed by atoms with Gasteiger partial charge in [-0.1, -0.05) is 50.3 Å². The second-order valence-corrected chi connectivity index (χ2v) is 14.4. The SMILES string of the molecule is CC(C)(C)OC(=O)NC(CCN1C(CO)=CC(C)(C)C1c1nn(-c2cc(F)ccc2F)cc1Cc1ccccc1)C(=O)NCCN1C(=O)C=CC1=O. The summed E-state index contributed by atoms with van der Waals surface area (Å²) in [4.78, 5) is 53.3. The van der Waals surface area contributed by atoms with E-state index in [1.807, 2.05) is 55.2 Å². The highest BCUT2D eigenvalue weighted by Crippen LogP contribution is 2.48. The van der Waals surface area contributed by atoms with Crippen LogP contribution in [0.15, 0.2) is 78.7 Å². The molecule has 276 valence electrons. The minimum absolute atomic E-state index is 0.0470. The number of carbonyl (C=O) groups is 4. The Morgan fingerprint density at radius 1 is 1.04 bits per heavy atom. The van der Waals surface area contributed by atoms with E-state index < -0.39 is 58.5 Å². The van der Waals surface area contributed by atoms with E-state index in [-0.39, 0.29) is 38.3 Å². The molecule has 12 nitrogen and oxygen atoms in total. The van der Waals surface area contributed by atoms with Crippen molar-refractivity contribution in [3.8, 4) is 5.69 Å². The quantitative estimate of drug-likeness (QED) is 0.222. The monoisotopic (exact) mass is 718 g/mol. The third-order valence-corrected chi connectivity index (χ3v) is 8.76. The molecule has 0 radical (unpaired) electrons. The highest BCUT2D eigenvalue weighted by molar-refractivity contribution is 6.12. The van der Waals surface area contributed by atoms with E-state index in [4.69, 9.17) is 9.84 Å². The summed E-state index contributed by atoms with van der Waals surface area (Å²) in [5.74, 6) is -2.82. The molecular formula is C38H44F2N6O6. The van der Waals surface area contributed by atoms with E-state index in [9.17, 15) is 28.7 Å². The molecule has 3 aromatic rings. The first kappa shape index (κ1) is 37.9. The van der Waals surface area contributed by atoms with E-state index in [2.05, 4.69) is 10.6 Å². The summed E-state index contributed by atoms with van der Waals surface area (Å²) in [7, 11) is 0. The lowest BCUT2D eigenvalue weighted by atomic mass is 9.82. The molecule has 0 aliphatic carbocycles. The summed E-state index contributed by atoms with van der Waals surface area (Å²) in [6.07, 6.45) is 5.55. The van der Waals surface area contributed by atoms with Crippen LogP contribution in [0, 0.1) is 17.0 Å². The fourth-order valence-electron chi connectivity index (χ4n) is 6.51. The topological polar surface area (TPSA) is 146 Å². The lowest BCUT2D eigenvalue weighted by Gasteiger charge is -2.36. The van der Waals surface area contributed by atoms with Crippen LogP contribution in [0.2, 0.25) is 0 Å². The minimum Gasteiger partial charge on any atom is -0.444 e. The molecule has 2 unspecified atom stereocenters. The summed E-state index contributed by atoms with van der Waals surface area (Å²) < 4.78 is 36.1. The Morgan fingerprint density at radius 3 is 2.38 bits per heavy atom. The average Bonchev–Trinajstić information content (AvgIpc) is 3.71. The number of hydrogen-bond donors (Lipinski definition) is 3. The summed E-state index contributed by atoms with van der Waals surface area (Å²) >= 11 is 0. The van der Waals surface area contributed by atoms with Crippen LogP contribution >= 0.6 is 0 Å². The van der Waals surface area contributed by atoms with Crippen molar-refractivity contribution in [3.05, 3.63) is 107 Å². The number of aliphatic hydroxyl groups is 1. The van der Waals surface area contributed by atoms with Crippen molar-refractivity contribution < 1.29 is 37.8 Å². The standard InChI is InChI=1S/C38H44F2N6O6/c1-37(2,3)52-36(51)42-29(35(50)41-16-18-45-31(48)13-14-32(45)49)15-17-44-27(23-47)21-38(4,5)34(44)33-25(19-24-9-7-6-8-10-24)22-46(43-33)30-20-26(39)11-12-28(30)40/h6-14,20-22,29,34,47H,15-19,23H2,1-5H3,(H,41,50)(H,42,51). The first-order valence-corrected chi connectivity index (χ1v) is 17.0. The number of rotatable bonds is 13. The van der Waals surface area contributed by atoms with E-state index in [1.165, 1.54) is 4.68 Å². The predicted octanol–water partition coefficient (Wildman–Crippen LogP) is 4.33. The number of aliphatic hydroxyl groups excluding tert-OH is 1. The number of nitrogens with one attached hydrogen (secondary N) is 2. The summed E-state index contributed by atoms with van der Waals surface area (Å²) in [6.45, 7) is 8.71. The molecule has 2 aromatic carbocycles. The van der Waals surface area contributed by atoms with Gasteiger partial charge in [0.15, 0.2) is 0 Å². The molecule has 52 heavy (non-hydrogen) atoms. The van der Waals surface area contributed by atoms with Gasteiger partial charge in [-0.2, -0.15) is 5.10 Å². The normalized spacial score (nSPS) is 17.4. The number of benzene rings is 2. The predicted molar refractivity (Wildman–Crippen MR) is 188 cm³/mol. The lowest BCUT2D eigenvalue weighted by molar-refractivity contribution is -0.137. The molecule has 0 fully saturated rings. The van der Waals surface area contributed by atoms with Gasteiger partial charge >= 0.3 is 6.09 Å². The molecule has 2 aliphatic heterocycles. The van der Waals surface area contributed by atoms with Gasteiger partial charge in [-0.3, -0.25) is 19.3 Å². The van der Waals surface area contributed by atoms with Crippen LogP contribution in [-0.4, -0.2) is 86.4 Å². The van der Waals surface area contributed by atoms with Gasteiger partial charge in [0, 0.05) is 67.1 Å². The average molecular weight is 719 g/mol. The minimum atomic E-state index is -1.12. The molecule has 0 saturated heterocycles. The highest BCUT2D eigenvalue weighted by Gasteiger charge is 2.44. The van der Waals surface area contributed by atoms with Gasteiger partial charge in [-0.15, -0.1) is 0 Å². The van der Waals surface area contributed by atoms with E-state index in [1.54, 1.807) is 27.0 Å². The van der Waals surface area contributed by atoms with Crippen LogP contribution in [0.4, 0.5) is 13.6 Å². The van der Waals surface area contributed by atoms with Crippen LogP contribution in [0.5, 0.6) is 0 Å². The van der Waals surface area contributed by atoms with E-state index in [0.29, 0.717) is 17.8 Å². The molecule has 1 aromatic heterocycles. The molecule has 3 heterocycles. The van der Waals surface area contributed by atoms with Crippen molar-refractivity contribution >= 4 is 23.8 Å². The van der Waals surface area contributed by atoms with E-state index >= 15 is 4.39 Å². The van der Waals surface area contributed by atoms with Crippen molar-refractivity contribution in [3.63, 3.8) is 0 Å². The molecule has 14 heteroatoms. The Hall–Kier alpha value is -5.37. The van der Waals surface area contributed by atoms with Crippen molar-refractivity contribution in [2.24, 2.45) is 5.41 Å². The van der Waals surface area contributed by atoms with Crippen LogP contribution in [0.25, 0.3) is 5.69 Å². The zero-order chi connectivity index (χ0) is 37.8. The van der Waals surface area contributed by atoms with Gasteiger partial charge in [-0.25, -0.2) is 18.3 Å². The van der Waals surface area contributed by atoms with Gasteiger partial charge in [-0.05, 0) is 44.9 Å². The van der Waals surface area contributed by atoms with Crippen LogP contribution in [0.3, 0.4) is 0 Å². The molecule has 0 saturated carbocycles.